The van der Waals surface area contributed by atoms with Gasteiger partial charge in [0.05, 0.1) is 11.2 Å². The van der Waals surface area contributed by atoms with Crippen molar-refractivity contribution in [1.82, 2.24) is 4.98 Å². The van der Waals surface area contributed by atoms with E-state index in [9.17, 15) is 5.11 Å². The standard InChI is InChI=1S/C19H25N3O2/c1-19(2,3)21-13-16(23)14-24-22-18(15-9-5-4-6-10-15)17-11-7-8-12-20-17/h4-12,16,21,23H,13-14H2,1-3H3/p+1/b22-18-/t16-/m1/s1. The normalized spacial score (nSPS) is 13.6. The zero-order valence-electron chi connectivity index (χ0n) is 14.5. The zero-order valence-corrected chi connectivity index (χ0v) is 14.5. The van der Waals surface area contributed by atoms with Gasteiger partial charge in [-0.1, -0.05) is 41.6 Å². The summed E-state index contributed by atoms with van der Waals surface area (Å²) >= 11 is 0. The van der Waals surface area contributed by atoms with E-state index in [0.29, 0.717) is 12.3 Å². The molecule has 2 aromatic rings. The molecule has 24 heavy (non-hydrogen) atoms. The molecule has 1 aromatic carbocycles. The number of nitrogens with two attached hydrogens (primary N) is 1. The van der Waals surface area contributed by atoms with Crippen molar-refractivity contribution in [2.45, 2.75) is 32.4 Å². The van der Waals surface area contributed by atoms with Crippen LogP contribution in [0.15, 0.2) is 59.9 Å². The summed E-state index contributed by atoms with van der Waals surface area (Å²) in [5.41, 5.74) is 2.39. The van der Waals surface area contributed by atoms with Crippen molar-refractivity contribution >= 4 is 5.71 Å². The summed E-state index contributed by atoms with van der Waals surface area (Å²) in [6.45, 7) is 7.03. The van der Waals surface area contributed by atoms with Crippen LogP contribution in [0, 0.1) is 0 Å². The van der Waals surface area contributed by atoms with Gasteiger partial charge < -0.3 is 15.3 Å². The van der Waals surface area contributed by atoms with E-state index in [4.69, 9.17) is 4.84 Å². The fourth-order valence-corrected chi connectivity index (χ4v) is 2.09. The van der Waals surface area contributed by atoms with Crippen molar-refractivity contribution < 1.29 is 15.3 Å². The van der Waals surface area contributed by atoms with Crippen LogP contribution in [-0.2, 0) is 4.84 Å². The lowest BCUT2D eigenvalue weighted by Gasteiger charge is -2.18. The van der Waals surface area contributed by atoms with Gasteiger partial charge in [-0.05, 0) is 32.9 Å². The number of pyridine rings is 1. The Labute approximate surface area is 143 Å². The lowest BCUT2D eigenvalue weighted by Crippen LogP contribution is -2.96. The molecule has 5 heteroatoms. The van der Waals surface area contributed by atoms with Crippen LogP contribution >= 0.6 is 0 Å². The predicted molar refractivity (Wildman–Crippen MR) is 94.8 cm³/mol. The summed E-state index contributed by atoms with van der Waals surface area (Å²) in [4.78, 5) is 9.75. The number of aromatic nitrogens is 1. The quantitative estimate of drug-likeness (QED) is 0.599. The summed E-state index contributed by atoms with van der Waals surface area (Å²) < 4.78 is 0. The molecule has 0 aliphatic rings. The number of rotatable bonds is 7. The van der Waals surface area contributed by atoms with Gasteiger partial charge in [0.15, 0.2) is 0 Å². The molecular weight excluding hydrogens is 302 g/mol. The number of hydrogen-bond donors (Lipinski definition) is 2. The van der Waals surface area contributed by atoms with Crippen LogP contribution in [0.5, 0.6) is 0 Å². The second-order valence-corrected chi connectivity index (χ2v) is 6.78. The predicted octanol–water partition coefficient (Wildman–Crippen LogP) is 1.57. The van der Waals surface area contributed by atoms with Crippen molar-refractivity contribution in [2.24, 2.45) is 5.16 Å². The number of quaternary nitrogens is 1. The summed E-state index contributed by atoms with van der Waals surface area (Å²) in [5.74, 6) is 0. The third kappa shape index (κ3) is 6.10. The Kier molecular flexibility index (Phi) is 6.46. The number of nitrogens with zero attached hydrogens (tertiary/aromatic N) is 2. The van der Waals surface area contributed by atoms with E-state index in [1.54, 1.807) is 6.20 Å². The lowest BCUT2D eigenvalue weighted by atomic mass is 10.1. The molecule has 0 spiro atoms. The van der Waals surface area contributed by atoms with Gasteiger partial charge in [-0.25, -0.2) is 0 Å². The van der Waals surface area contributed by atoms with Gasteiger partial charge in [0.1, 0.15) is 25.0 Å². The maximum atomic E-state index is 10.0. The number of hydrogen-bond acceptors (Lipinski definition) is 4. The Bertz CT molecular complexity index is 595. The summed E-state index contributed by atoms with van der Waals surface area (Å²) in [7, 11) is 0. The topological polar surface area (TPSA) is 71.3 Å². The molecule has 0 aliphatic heterocycles. The molecule has 0 amide bonds. The minimum atomic E-state index is -0.575. The maximum absolute atomic E-state index is 10.0. The van der Waals surface area contributed by atoms with Crippen LogP contribution in [-0.4, -0.2) is 40.6 Å². The molecule has 0 fully saturated rings. The highest BCUT2D eigenvalue weighted by atomic mass is 16.6. The van der Waals surface area contributed by atoms with Gasteiger partial charge in [0.2, 0.25) is 0 Å². The smallest absolute Gasteiger partial charge is 0.148 e. The lowest BCUT2D eigenvalue weighted by molar-refractivity contribution is -0.722. The first-order valence-electron chi connectivity index (χ1n) is 8.15. The SMILES string of the molecule is CC(C)(C)[NH2+]C[C@@H](O)CO/N=C(/c1ccccc1)c1ccccn1. The van der Waals surface area contributed by atoms with Crippen LogP contribution in [0.3, 0.4) is 0 Å². The van der Waals surface area contributed by atoms with Crippen LogP contribution in [0.4, 0.5) is 0 Å². The summed E-state index contributed by atoms with van der Waals surface area (Å²) in [6.07, 6.45) is 1.15. The van der Waals surface area contributed by atoms with E-state index in [1.807, 2.05) is 48.5 Å². The van der Waals surface area contributed by atoms with Crippen LogP contribution in [0.25, 0.3) is 0 Å². The second-order valence-electron chi connectivity index (χ2n) is 6.78. The van der Waals surface area contributed by atoms with Crippen LogP contribution in [0.2, 0.25) is 0 Å². The van der Waals surface area contributed by atoms with Gasteiger partial charge in [0.25, 0.3) is 0 Å². The van der Waals surface area contributed by atoms with E-state index < -0.39 is 6.10 Å². The van der Waals surface area contributed by atoms with Gasteiger partial charge in [-0.3, -0.25) is 4.98 Å². The van der Waals surface area contributed by atoms with Gasteiger partial charge in [-0.15, -0.1) is 0 Å². The van der Waals surface area contributed by atoms with Gasteiger partial charge >= 0.3 is 0 Å². The monoisotopic (exact) mass is 328 g/mol. The van der Waals surface area contributed by atoms with Crippen LogP contribution in [0.1, 0.15) is 32.0 Å². The highest BCUT2D eigenvalue weighted by Crippen LogP contribution is 2.09. The fraction of sp³-hybridized carbons (Fsp3) is 0.368. The van der Waals surface area contributed by atoms with Gasteiger partial charge in [-0.2, -0.15) is 0 Å². The van der Waals surface area contributed by atoms with Gasteiger partial charge in [0, 0.05) is 11.8 Å². The first kappa shape index (κ1) is 18.1. The molecule has 5 nitrogen and oxygen atoms in total. The largest absolute Gasteiger partial charge is 0.392 e. The average Bonchev–Trinajstić information content (AvgIpc) is 2.58. The number of benzene rings is 1. The molecule has 128 valence electrons. The molecule has 1 atom stereocenters. The Morgan fingerprint density at radius 3 is 2.50 bits per heavy atom. The van der Waals surface area contributed by atoms with E-state index in [1.165, 1.54) is 0 Å². The third-order valence-corrected chi connectivity index (χ3v) is 3.38. The minimum absolute atomic E-state index is 0.0768. The van der Waals surface area contributed by atoms with E-state index in [0.717, 1.165) is 11.3 Å². The van der Waals surface area contributed by atoms with E-state index in [-0.39, 0.29) is 12.1 Å². The molecule has 0 aliphatic carbocycles. The Hall–Kier alpha value is -2.24. The first-order valence-corrected chi connectivity index (χ1v) is 8.15. The summed E-state index contributed by atoms with van der Waals surface area (Å²) in [5, 5.41) is 16.3. The molecular formula is C19H26N3O2+. The minimum Gasteiger partial charge on any atom is -0.392 e. The average molecular weight is 328 g/mol. The Morgan fingerprint density at radius 2 is 1.88 bits per heavy atom. The summed E-state index contributed by atoms with van der Waals surface area (Å²) in [6, 6.07) is 15.4. The van der Waals surface area contributed by atoms with E-state index in [2.05, 4.69) is 36.2 Å². The Morgan fingerprint density at radius 1 is 1.17 bits per heavy atom. The van der Waals surface area contributed by atoms with Crippen molar-refractivity contribution in [2.75, 3.05) is 13.2 Å². The molecule has 0 bridgehead atoms. The molecule has 0 saturated carbocycles. The molecule has 1 aromatic heterocycles. The second kappa shape index (κ2) is 8.57. The molecule has 0 saturated heterocycles. The fourth-order valence-electron chi connectivity index (χ4n) is 2.09. The van der Waals surface area contributed by atoms with Crippen molar-refractivity contribution in [3.63, 3.8) is 0 Å². The molecule has 0 unspecified atom stereocenters. The van der Waals surface area contributed by atoms with Crippen molar-refractivity contribution in [3.05, 3.63) is 66.0 Å². The third-order valence-electron chi connectivity index (χ3n) is 3.38. The number of aliphatic hydroxyl groups excluding tert-OH is 1. The molecule has 2 rings (SSSR count). The molecule has 0 radical (unpaired) electrons. The van der Waals surface area contributed by atoms with Crippen molar-refractivity contribution in [1.29, 1.82) is 0 Å². The molecule has 3 N–H and O–H groups in total. The first-order chi connectivity index (χ1) is 11.5. The highest BCUT2D eigenvalue weighted by Gasteiger charge is 2.16. The molecule has 1 heterocycles. The Balaban J connectivity index is 2.04. The van der Waals surface area contributed by atoms with Crippen molar-refractivity contribution in [3.8, 4) is 0 Å². The highest BCUT2D eigenvalue weighted by molar-refractivity contribution is 6.11. The number of oxime groups is 1. The number of aliphatic hydroxyl groups is 1. The zero-order chi connectivity index (χ0) is 17.4. The maximum Gasteiger partial charge on any atom is 0.148 e. The van der Waals surface area contributed by atoms with E-state index >= 15 is 0 Å². The van der Waals surface area contributed by atoms with Crippen LogP contribution < -0.4 is 5.32 Å².